The fourth-order valence-electron chi connectivity index (χ4n) is 8.93. The molecule has 0 aromatic heterocycles. The maximum atomic E-state index is 2.73. The van der Waals surface area contributed by atoms with Crippen LogP contribution in [0.1, 0.15) is 105 Å². The molecule has 0 spiro atoms. The summed E-state index contributed by atoms with van der Waals surface area (Å²) in [6.07, 6.45) is 18.4. The van der Waals surface area contributed by atoms with Crippen molar-refractivity contribution in [1.82, 2.24) is 0 Å². The molecule has 4 fully saturated rings. The zero-order chi connectivity index (χ0) is 16.9. The van der Waals surface area contributed by atoms with Crippen LogP contribution in [0.15, 0.2) is 0 Å². The molecule has 0 saturated heterocycles. The van der Waals surface area contributed by atoms with Crippen molar-refractivity contribution >= 4 is 0 Å². The number of fused-ring (bicyclic) bond motifs is 5. The van der Waals surface area contributed by atoms with Gasteiger partial charge in [-0.25, -0.2) is 0 Å². The summed E-state index contributed by atoms with van der Waals surface area (Å²) in [7, 11) is 0. The monoisotopic (exact) mass is 330 g/mol. The van der Waals surface area contributed by atoms with Crippen LogP contribution in [0.3, 0.4) is 0 Å². The molecular weight excluding hydrogens is 288 g/mol. The van der Waals surface area contributed by atoms with Crippen LogP contribution in [0.4, 0.5) is 0 Å². The van der Waals surface area contributed by atoms with Crippen LogP contribution in [0.2, 0.25) is 0 Å². The molecule has 0 aromatic rings. The second-order valence-corrected chi connectivity index (χ2v) is 10.9. The number of hydrogen-bond donors (Lipinski definition) is 0. The third-order valence-electron chi connectivity index (χ3n) is 10.1. The van der Waals surface area contributed by atoms with Crippen molar-refractivity contribution < 1.29 is 0 Å². The van der Waals surface area contributed by atoms with Crippen molar-refractivity contribution in [2.75, 3.05) is 0 Å². The Balaban J connectivity index is 1.57. The molecule has 0 amide bonds. The molecule has 5 unspecified atom stereocenters. The van der Waals surface area contributed by atoms with Gasteiger partial charge in [0.05, 0.1) is 0 Å². The van der Waals surface area contributed by atoms with E-state index in [1.807, 2.05) is 0 Å². The van der Waals surface area contributed by atoms with Crippen LogP contribution in [0, 0.1) is 46.3 Å². The summed E-state index contributed by atoms with van der Waals surface area (Å²) in [5.74, 6) is 6.30. The molecule has 4 rings (SSSR count). The Morgan fingerprint density at radius 2 is 1.62 bits per heavy atom. The first-order valence-corrected chi connectivity index (χ1v) is 11.5. The van der Waals surface area contributed by atoms with Crippen molar-refractivity contribution in [3.05, 3.63) is 0 Å². The van der Waals surface area contributed by atoms with E-state index in [0.29, 0.717) is 5.41 Å². The molecule has 0 aromatic carbocycles. The van der Waals surface area contributed by atoms with Crippen molar-refractivity contribution in [2.24, 2.45) is 46.3 Å². The van der Waals surface area contributed by atoms with Gasteiger partial charge in [-0.15, -0.1) is 0 Å². The third kappa shape index (κ3) is 2.44. The molecule has 24 heavy (non-hydrogen) atoms. The van der Waals surface area contributed by atoms with Gasteiger partial charge in [0.15, 0.2) is 0 Å². The highest BCUT2D eigenvalue weighted by atomic mass is 14.6. The lowest BCUT2D eigenvalue weighted by Gasteiger charge is -2.61. The van der Waals surface area contributed by atoms with Crippen LogP contribution in [0.5, 0.6) is 0 Å². The van der Waals surface area contributed by atoms with Gasteiger partial charge < -0.3 is 0 Å². The summed E-state index contributed by atoms with van der Waals surface area (Å²) in [5.41, 5.74) is 1.41. The topological polar surface area (TPSA) is 0 Å². The normalized spacial score (nSPS) is 52.2. The highest BCUT2D eigenvalue weighted by Crippen LogP contribution is 2.68. The largest absolute Gasteiger partial charge is 0.0654 e. The molecule has 4 saturated carbocycles. The van der Waals surface area contributed by atoms with Crippen molar-refractivity contribution in [1.29, 1.82) is 0 Å². The van der Waals surface area contributed by atoms with E-state index >= 15 is 0 Å². The Bertz CT molecular complexity index is 453. The average molecular weight is 331 g/mol. The quantitative estimate of drug-likeness (QED) is 0.503. The molecular formula is C24H42. The summed E-state index contributed by atoms with van der Waals surface area (Å²) in [4.78, 5) is 0. The summed E-state index contributed by atoms with van der Waals surface area (Å²) < 4.78 is 0. The second-order valence-electron chi connectivity index (χ2n) is 10.9. The SMILES string of the molecule is CCC[C@@H](C)C1CC[C@H]2C3CCC4CCCCC4(C)[C@H]3CCC12C. The Kier molecular flexibility index (Phi) is 4.58. The van der Waals surface area contributed by atoms with Gasteiger partial charge in [-0.1, -0.05) is 53.4 Å². The van der Waals surface area contributed by atoms with Gasteiger partial charge in [-0.2, -0.15) is 0 Å². The van der Waals surface area contributed by atoms with Gasteiger partial charge >= 0.3 is 0 Å². The van der Waals surface area contributed by atoms with E-state index in [-0.39, 0.29) is 0 Å². The average Bonchev–Trinajstić information content (AvgIpc) is 2.92. The van der Waals surface area contributed by atoms with Crippen LogP contribution < -0.4 is 0 Å². The summed E-state index contributed by atoms with van der Waals surface area (Å²) in [5, 5.41) is 0. The van der Waals surface area contributed by atoms with Crippen LogP contribution in [-0.4, -0.2) is 0 Å². The predicted octanol–water partition coefficient (Wildman–Crippen LogP) is 7.47. The van der Waals surface area contributed by atoms with Gasteiger partial charge in [0.25, 0.3) is 0 Å². The van der Waals surface area contributed by atoms with E-state index < -0.39 is 0 Å². The molecule has 138 valence electrons. The molecule has 0 N–H and O–H groups in total. The van der Waals surface area contributed by atoms with E-state index in [0.717, 1.165) is 40.9 Å². The number of hydrogen-bond acceptors (Lipinski definition) is 0. The maximum Gasteiger partial charge on any atom is -0.0264 e. The van der Waals surface area contributed by atoms with Gasteiger partial charge in [-0.3, -0.25) is 0 Å². The lowest BCUT2D eigenvalue weighted by atomic mass is 9.44. The van der Waals surface area contributed by atoms with E-state index in [9.17, 15) is 0 Å². The fourth-order valence-corrected chi connectivity index (χ4v) is 8.93. The molecule has 4 aliphatic rings. The molecule has 0 nitrogen and oxygen atoms in total. The lowest BCUT2D eigenvalue weighted by Crippen LogP contribution is -2.53. The Morgan fingerprint density at radius 1 is 0.833 bits per heavy atom. The Labute approximate surface area is 151 Å². The Hall–Kier alpha value is 0. The van der Waals surface area contributed by atoms with Crippen molar-refractivity contribution in [2.45, 2.75) is 105 Å². The van der Waals surface area contributed by atoms with Crippen molar-refractivity contribution in [3.8, 4) is 0 Å². The van der Waals surface area contributed by atoms with Gasteiger partial charge in [0.1, 0.15) is 0 Å². The summed E-state index contributed by atoms with van der Waals surface area (Å²) in [6.45, 7) is 10.4. The van der Waals surface area contributed by atoms with E-state index in [1.54, 1.807) is 51.4 Å². The first-order chi connectivity index (χ1) is 11.5. The molecule has 0 heterocycles. The smallest absolute Gasteiger partial charge is 0.0264 e. The zero-order valence-electron chi connectivity index (χ0n) is 16.9. The standard InChI is InChI=1S/C24H42/c1-5-8-17(2)20-12-13-21-19-11-10-18-9-6-7-15-23(18,3)22(19)14-16-24(20,21)4/h17-22H,5-16H2,1-4H3/t17-,18?,19?,20?,21+,22+,23?,24?/m1/s1. The second kappa shape index (κ2) is 6.31. The van der Waals surface area contributed by atoms with E-state index in [2.05, 4.69) is 27.7 Å². The lowest BCUT2D eigenvalue weighted by molar-refractivity contribution is -0.114. The van der Waals surface area contributed by atoms with Gasteiger partial charge in [0.2, 0.25) is 0 Å². The fraction of sp³-hybridized carbons (Fsp3) is 1.00. The first-order valence-electron chi connectivity index (χ1n) is 11.5. The maximum absolute atomic E-state index is 2.73. The highest BCUT2D eigenvalue weighted by Gasteiger charge is 2.59. The van der Waals surface area contributed by atoms with Crippen LogP contribution >= 0.6 is 0 Å². The van der Waals surface area contributed by atoms with E-state index in [4.69, 9.17) is 0 Å². The molecule has 0 bridgehead atoms. The van der Waals surface area contributed by atoms with Crippen LogP contribution in [-0.2, 0) is 0 Å². The third-order valence-corrected chi connectivity index (χ3v) is 10.1. The minimum Gasteiger partial charge on any atom is -0.0654 e. The van der Waals surface area contributed by atoms with Gasteiger partial charge in [-0.05, 0) is 97.7 Å². The van der Waals surface area contributed by atoms with Crippen molar-refractivity contribution in [3.63, 3.8) is 0 Å². The molecule has 0 aliphatic heterocycles. The highest BCUT2D eigenvalue weighted by molar-refractivity contribution is 5.09. The number of rotatable bonds is 3. The zero-order valence-corrected chi connectivity index (χ0v) is 16.9. The minimum absolute atomic E-state index is 0.688. The first kappa shape index (κ1) is 17.4. The Morgan fingerprint density at radius 3 is 2.42 bits per heavy atom. The molecule has 8 atom stereocenters. The summed E-state index contributed by atoms with van der Waals surface area (Å²) >= 11 is 0. The van der Waals surface area contributed by atoms with Crippen LogP contribution in [0.25, 0.3) is 0 Å². The molecule has 4 aliphatic carbocycles. The van der Waals surface area contributed by atoms with E-state index in [1.165, 1.54) is 25.7 Å². The minimum atomic E-state index is 0.688. The van der Waals surface area contributed by atoms with Gasteiger partial charge in [0, 0.05) is 0 Å². The molecule has 0 heteroatoms. The molecule has 0 radical (unpaired) electrons. The predicted molar refractivity (Wildman–Crippen MR) is 104 cm³/mol. The summed E-state index contributed by atoms with van der Waals surface area (Å²) in [6, 6.07) is 0.